The molecule has 0 spiro atoms. The van der Waals surface area contributed by atoms with Crippen LogP contribution in [0, 0.1) is 0 Å². The van der Waals surface area contributed by atoms with Gasteiger partial charge in [0.15, 0.2) is 0 Å². The Morgan fingerprint density at radius 2 is 1.10 bits per heavy atom. The molecule has 0 radical (unpaired) electrons. The lowest BCUT2D eigenvalue weighted by molar-refractivity contribution is 0.0943. The van der Waals surface area contributed by atoms with Gasteiger partial charge in [0.25, 0.3) is 11.8 Å². The predicted octanol–water partition coefficient (Wildman–Crippen LogP) is 0.569. The molecule has 15 heteroatoms. The summed E-state index contributed by atoms with van der Waals surface area (Å²) < 4.78 is 37.9. The monoisotopic (exact) mass is 446 g/mol. The van der Waals surface area contributed by atoms with Crippen LogP contribution in [0.3, 0.4) is 0 Å². The van der Waals surface area contributed by atoms with Gasteiger partial charge in [-0.1, -0.05) is 24.3 Å². The minimum Gasteiger partial charge on any atom is -0.403 e. The number of para-hydroxylation sites is 2. The second kappa shape index (κ2) is 9.16. The Bertz CT molecular complexity index is 937. The highest BCUT2D eigenvalue weighted by molar-refractivity contribution is 7.61. The molecule has 2 aromatic carbocycles. The van der Waals surface area contributed by atoms with Crippen molar-refractivity contribution >= 4 is 27.5 Å². The number of nitrogens with two attached hydrogens (primary N) is 2. The van der Waals surface area contributed by atoms with Crippen LogP contribution in [0.15, 0.2) is 48.5 Å². The normalized spacial score (nSPS) is 14.8. The number of nitrogens with one attached hydrogen (secondary N) is 2. The average Bonchev–Trinajstić information content (AvgIpc) is 2.66. The van der Waals surface area contributed by atoms with E-state index in [2.05, 4.69) is 13.4 Å². The lowest BCUT2D eigenvalue weighted by Crippen LogP contribution is -2.30. The van der Waals surface area contributed by atoms with Crippen molar-refractivity contribution in [3.05, 3.63) is 59.7 Å². The van der Waals surface area contributed by atoms with Crippen LogP contribution in [-0.2, 0) is 13.4 Å². The minimum absolute atomic E-state index is 0.244. The maximum atomic E-state index is 12.2. The number of nitrogen functional groups attached to an aromatic ring is 2. The summed E-state index contributed by atoms with van der Waals surface area (Å²) in [4.78, 5) is 43.0. The number of carbonyl (C=O) groups is 2. The maximum Gasteiger partial charge on any atom is 0.537 e. The van der Waals surface area contributed by atoms with E-state index in [-0.39, 0.29) is 11.1 Å². The molecule has 0 bridgehead atoms. The summed E-state index contributed by atoms with van der Waals surface area (Å²) in [5.41, 5.74) is 3.12. The molecule has 0 aliphatic carbocycles. The quantitative estimate of drug-likeness (QED) is 0.143. The van der Waals surface area contributed by atoms with Gasteiger partial charge in [-0.05, 0) is 24.3 Å². The van der Waals surface area contributed by atoms with Gasteiger partial charge in [-0.2, -0.15) is 4.31 Å². The molecule has 0 aliphatic rings. The van der Waals surface area contributed by atoms with Crippen molar-refractivity contribution in [2.45, 2.75) is 0 Å². The molecule has 13 nitrogen and oxygen atoms in total. The lowest BCUT2D eigenvalue weighted by Gasteiger charge is -2.18. The highest BCUT2D eigenvalue weighted by atomic mass is 31.3. The molecular weight excluding hydrogens is 430 g/mol. The number of phosphoric acid groups is 2. The molecular formula is C14H16N4O9P2. The summed E-state index contributed by atoms with van der Waals surface area (Å²) in [6.45, 7) is 0. The smallest absolute Gasteiger partial charge is 0.403 e. The Kier molecular flexibility index (Phi) is 7.11. The molecule has 2 unspecified atom stereocenters. The minimum atomic E-state index is -5.28. The van der Waals surface area contributed by atoms with Gasteiger partial charge in [0.05, 0.1) is 11.1 Å². The maximum absolute atomic E-state index is 12.2. The molecule has 156 valence electrons. The third-order valence-corrected chi connectivity index (χ3v) is 5.67. The third-order valence-electron chi connectivity index (χ3n) is 3.16. The van der Waals surface area contributed by atoms with Crippen molar-refractivity contribution in [2.24, 2.45) is 11.7 Å². The predicted molar refractivity (Wildman–Crippen MR) is 98.2 cm³/mol. The summed E-state index contributed by atoms with van der Waals surface area (Å²) in [5, 5.41) is 0. The Labute approximate surface area is 163 Å². The standard InChI is InChI=1S/C14H16N4O9P2/c15-17-13(19)9-5-1-3-7-11(9)25-28(21,22)27-29(23,24)26-12-8-4-2-6-10(12)14(20)18-16/h1-8H,15-16H2,(H,17,19)(H,18,20)(H,21,22)(H,23,24). The molecule has 0 aliphatic heterocycles. The van der Waals surface area contributed by atoms with Crippen LogP contribution in [0.2, 0.25) is 0 Å². The summed E-state index contributed by atoms with van der Waals surface area (Å²) in [7, 11) is -10.6. The van der Waals surface area contributed by atoms with Crippen LogP contribution < -0.4 is 31.6 Å². The SMILES string of the molecule is NNC(=O)c1ccccc1OP(=O)(O)OP(=O)(O)Oc1ccccc1C(=O)NN. The van der Waals surface area contributed by atoms with Gasteiger partial charge in [0, 0.05) is 0 Å². The molecule has 0 fully saturated rings. The number of carbonyl (C=O) groups excluding carboxylic acids is 2. The first kappa shape index (κ1) is 22.5. The zero-order chi connectivity index (χ0) is 21.7. The number of hydrogen-bond donors (Lipinski definition) is 6. The van der Waals surface area contributed by atoms with E-state index in [1.807, 2.05) is 0 Å². The molecule has 8 N–H and O–H groups in total. The van der Waals surface area contributed by atoms with Crippen LogP contribution in [-0.4, -0.2) is 21.6 Å². The van der Waals surface area contributed by atoms with E-state index < -0.39 is 39.0 Å². The second-order valence-electron chi connectivity index (χ2n) is 5.14. The molecule has 2 aromatic rings. The van der Waals surface area contributed by atoms with Crippen LogP contribution in [0.5, 0.6) is 11.5 Å². The zero-order valence-corrected chi connectivity index (χ0v) is 16.2. The average molecular weight is 446 g/mol. The van der Waals surface area contributed by atoms with Crippen molar-refractivity contribution in [2.75, 3.05) is 0 Å². The Morgan fingerprint density at radius 1 is 0.759 bits per heavy atom. The number of rotatable bonds is 8. The first-order valence-electron chi connectivity index (χ1n) is 7.54. The van der Waals surface area contributed by atoms with Crippen LogP contribution >= 0.6 is 15.6 Å². The van der Waals surface area contributed by atoms with Crippen molar-refractivity contribution in [1.82, 2.24) is 10.9 Å². The van der Waals surface area contributed by atoms with Gasteiger partial charge >= 0.3 is 15.6 Å². The Morgan fingerprint density at radius 3 is 1.45 bits per heavy atom. The van der Waals surface area contributed by atoms with Gasteiger partial charge in [0.1, 0.15) is 11.5 Å². The highest BCUT2D eigenvalue weighted by Crippen LogP contribution is 2.60. The van der Waals surface area contributed by atoms with E-state index in [0.29, 0.717) is 0 Å². The van der Waals surface area contributed by atoms with Gasteiger partial charge in [0.2, 0.25) is 0 Å². The van der Waals surface area contributed by atoms with E-state index in [1.54, 1.807) is 10.9 Å². The van der Waals surface area contributed by atoms with Crippen molar-refractivity contribution < 1.29 is 41.9 Å². The second-order valence-corrected chi connectivity index (χ2v) is 8.03. The van der Waals surface area contributed by atoms with Crippen LogP contribution in [0.1, 0.15) is 20.7 Å². The van der Waals surface area contributed by atoms with E-state index in [4.69, 9.17) is 11.7 Å². The number of amides is 2. The zero-order valence-electron chi connectivity index (χ0n) is 14.4. The van der Waals surface area contributed by atoms with E-state index in [9.17, 15) is 28.5 Å². The molecule has 0 saturated heterocycles. The first-order valence-corrected chi connectivity index (χ1v) is 10.5. The fraction of sp³-hybridized carbons (Fsp3) is 0. The number of hydrogen-bond acceptors (Lipinski definition) is 9. The number of benzene rings is 2. The van der Waals surface area contributed by atoms with Gasteiger partial charge in [-0.15, -0.1) is 0 Å². The number of hydrazine groups is 2. The van der Waals surface area contributed by atoms with Crippen molar-refractivity contribution in [1.29, 1.82) is 0 Å². The van der Waals surface area contributed by atoms with E-state index in [1.165, 1.54) is 36.4 Å². The van der Waals surface area contributed by atoms with E-state index >= 15 is 0 Å². The van der Waals surface area contributed by atoms with Gasteiger partial charge < -0.3 is 9.05 Å². The molecule has 2 rings (SSSR count). The summed E-state index contributed by atoms with van der Waals surface area (Å²) >= 11 is 0. The van der Waals surface area contributed by atoms with Crippen molar-refractivity contribution in [3.63, 3.8) is 0 Å². The molecule has 0 saturated carbocycles. The van der Waals surface area contributed by atoms with Gasteiger partial charge in [-0.3, -0.25) is 30.2 Å². The molecule has 2 amide bonds. The topological polar surface area (TPSA) is 213 Å². The fourth-order valence-electron chi connectivity index (χ4n) is 2.04. The summed E-state index contributed by atoms with van der Waals surface area (Å²) in [6, 6.07) is 10.2. The first-order chi connectivity index (χ1) is 13.6. The van der Waals surface area contributed by atoms with Crippen molar-refractivity contribution in [3.8, 4) is 11.5 Å². The molecule has 0 heterocycles. The summed E-state index contributed by atoms with van der Waals surface area (Å²) in [6.07, 6.45) is 0. The third kappa shape index (κ3) is 6.11. The molecule has 29 heavy (non-hydrogen) atoms. The van der Waals surface area contributed by atoms with Crippen LogP contribution in [0.4, 0.5) is 0 Å². The lowest BCUT2D eigenvalue weighted by atomic mass is 10.2. The van der Waals surface area contributed by atoms with Gasteiger partial charge in [-0.25, -0.2) is 20.8 Å². The Balaban J connectivity index is 2.22. The molecule has 0 aromatic heterocycles. The highest BCUT2D eigenvalue weighted by Gasteiger charge is 2.39. The van der Waals surface area contributed by atoms with E-state index in [0.717, 1.165) is 12.1 Å². The molecule has 2 atom stereocenters. The van der Waals surface area contributed by atoms with Crippen LogP contribution in [0.25, 0.3) is 0 Å². The fourth-order valence-corrected chi connectivity index (χ4v) is 4.16. The summed E-state index contributed by atoms with van der Waals surface area (Å²) in [5.74, 6) is 7.40. The Hall–Kier alpha value is -2.76. The largest absolute Gasteiger partial charge is 0.537 e. The number of phosphoric ester groups is 2.